The van der Waals surface area contributed by atoms with Crippen LogP contribution in [0.3, 0.4) is 0 Å². The molecule has 0 radical (unpaired) electrons. The fourth-order valence-corrected chi connectivity index (χ4v) is 10.5. The highest BCUT2D eigenvalue weighted by molar-refractivity contribution is 7.89. The third-order valence-electron chi connectivity index (χ3n) is 12.7. The van der Waals surface area contributed by atoms with Crippen molar-refractivity contribution >= 4 is 55.5 Å². The number of carbonyl (C=O) groups is 3. The Morgan fingerprint density at radius 1 is 0.655 bits per heavy atom. The van der Waals surface area contributed by atoms with Gasteiger partial charge in [0, 0.05) is 62.6 Å². The van der Waals surface area contributed by atoms with Crippen molar-refractivity contribution < 1.29 is 111 Å². The molecule has 2 heterocycles. The minimum atomic E-state index is -5.66. The molecule has 0 unspecified atom stereocenters. The van der Waals surface area contributed by atoms with Gasteiger partial charge >= 0.3 is 16.1 Å². The second-order valence-electron chi connectivity index (χ2n) is 19.2. The van der Waals surface area contributed by atoms with Crippen LogP contribution in [0.2, 0.25) is 0 Å². The van der Waals surface area contributed by atoms with Crippen LogP contribution in [-0.2, 0) is 81.9 Å². The minimum Gasteiger partial charge on any atom is -0.420 e. The number of nitrogens with one attached hydrogen (secondary N) is 1. The maximum atomic E-state index is 14.0. The molecular formula is C56H77F4N5O20S2. The first-order valence-electron chi connectivity index (χ1n) is 28.1. The molecule has 1 saturated heterocycles. The number of esters is 1. The van der Waals surface area contributed by atoms with Gasteiger partial charge in [-0.3, -0.25) is 18.9 Å². The molecule has 486 valence electrons. The van der Waals surface area contributed by atoms with E-state index in [0.717, 1.165) is 12.0 Å². The summed E-state index contributed by atoms with van der Waals surface area (Å²) in [5.74, 6) is -12.9. The number of fused-ring (bicyclic) bond motifs is 1. The maximum absolute atomic E-state index is 14.0. The fraction of sp³-hybridized carbons (Fsp3) is 0.571. The van der Waals surface area contributed by atoms with Crippen LogP contribution in [0.1, 0.15) is 38.2 Å². The van der Waals surface area contributed by atoms with Crippen LogP contribution >= 0.6 is 0 Å². The number of ether oxygens (including phenoxy) is 11. The van der Waals surface area contributed by atoms with Crippen LogP contribution in [0.4, 0.5) is 23.2 Å². The van der Waals surface area contributed by atoms with E-state index in [-0.39, 0.29) is 107 Å². The monoisotopic (exact) mass is 1280 g/mol. The van der Waals surface area contributed by atoms with Crippen molar-refractivity contribution in [3.63, 3.8) is 0 Å². The highest BCUT2D eigenvalue weighted by Crippen LogP contribution is 2.35. The summed E-state index contributed by atoms with van der Waals surface area (Å²) in [6.45, 7) is 8.85. The van der Waals surface area contributed by atoms with Gasteiger partial charge in [0.25, 0.3) is 0 Å². The lowest BCUT2D eigenvalue weighted by molar-refractivity contribution is -0.136. The molecule has 0 aliphatic carbocycles. The molecule has 5 N–H and O–H groups in total. The molecule has 0 bridgehead atoms. The van der Waals surface area contributed by atoms with Crippen LogP contribution in [-0.4, -0.2) is 231 Å². The minimum absolute atomic E-state index is 0.0103. The summed E-state index contributed by atoms with van der Waals surface area (Å²) in [7, 11) is -9.46. The number of aliphatic hydroxyl groups is 1. The molecule has 0 saturated carbocycles. The summed E-state index contributed by atoms with van der Waals surface area (Å²) in [5, 5.41) is 12.3. The lowest BCUT2D eigenvalue weighted by Crippen LogP contribution is -2.53. The predicted molar refractivity (Wildman–Crippen MR) is 304 cm³/mol. The number of halogens is 4. The smallest absolute Gasteiger partial charge is 0.313 e. The average Bonchev–Trinajstić information content (AvgIpc) is 1.11. The van der Waals surface area contributed by atoms with Crippen molar-refractivity contribution in [1.29, 1.82) is 0 Å². The maximum Gasteiger partial charge on any atom is 0.313 e. The molecule has 5 rings (SSSR count). The number of hydrogen-bond donors (Lipinski definition) is 4. The first-order valence-corrected chi connectivity index (χ1v) is 31.0. The van der Waals surface area contributed by atoms with Gasteiger partial charge in [-0.2, -0.15) is 21.5 Å². The Morgan fingerprint density at radius 3 is 1.60 bits per heavy atom. The van der Waals surface area contributed by atoms with Gasteiger partial charge < -0.3 is 73.2 Å². The van der Waals surface area contributed by atoms with E-state index in [9.17, 15) is 53.9 Å². The highest BCUT2D eigenvalue weighted by Gasteiger charge is 2.37. The van der Waals surface area contributed by atoms with Gasteiger partial charge in [0.05, 0.1) is 156 Å². The van der Waals surface area contributed by atoms with E-state index in [0.29, 0.717) is 128 Å². The largest absolute Gasteiger partial charge is 0.420 e. The first-order chi connectivity index (χ1) is 41.8. The molecule has 0 spiro atoms. The number of amidine groups is 1. The van der Waals surface area contributed by atoms with Gasteiger partial charge in [-0.15, -0.1) is 0 Å². The summed E-state index contributed by atoms with van der Waals surface area (Å²) in [6, 6.07) is 12.2. The number of amides is 2. The Hall–Kier alpha value is -5.62. The number of sulfonamides is 1. The van der Waals surface area contributed by atoms with Gasteiger partial charge in [-0.25, -0.2) is 22.2 Å². The molecule has 25 nitrogen and oxygen atoms in total. The number of aliphatic hydroxyl groups excluding tert-OH is 1. The van der Waals surface area contributed by atoms with E-state index in [1.807, 2.05) is 31.2 Å². The first kappa shape index (κ1) is 72.1. The van der Waals surface area contributed by atoms with Crippen LogP contribution in [0.15, 0.2) is 62.8 Å². The molecule has 1 fully saturated rings. The average molecular weight is 1280 g/mol. The number of hydrogen-bond acceptors (Lipinski definition) is 21. The van der Waals surface area contributed by atoms with Crippen molar-refractivity contribution in [2.24, 2.45) is 16.6 Å². The standard InChI is InChI=1S/C56H77F4N5O20S2/c1-2-10-64(11-12-66)56(69)44-33-43-7-6-42(35-46(43)63-47(61)36-44)41-4-3-5-45(34-41)86(70,71)65-38-40(39-65)37-62-48(67)8-13-75-15-17-77-19-21-79-23-25-81-27-29-83-31-32-84-30-28-82-26-24-80-22-20-78-18-16-76-14-9-49(68)85-54-50(57)52(59)55(87(72,73)74)53(60)51(54)58/h3-7,33-35,40,66H,2,8-32,36-39H2,1H3,(H2,61,63)(H,62,67)(H,72,73,74). The summed E-state index contributed by atoms with van der Waals surface area (Å²) in [5.41, 5.74) is 9.36. The third-order valence-corrected chi connectivity index (χ3v) is 15.4. The number of aliphatic imine (C=N–C) groups is 1. The lowest BCUT2D eigenvalue weighted by atomic mass is 10.0. The zero-order valence-corrected chi connectivity index (χ0v) is 50.0. The van der Waals surface area contributed by atoms with Crippen molar-refractivity contribution in [3.8, 4) is 16.9 Å². The van der Waals surface area contributed by atoms with Crippen LogP contribution in [0, 0.1) is 29.2 Å². The van der Waals surface area contributed by atoms with E-state index in [2.05, 4.69) is 15.0 Å². The number of benzene rings is 3. The predicted octanol–water partition coefficient (Wildman–Crippen LogP) is 3.45. The Labute approximate surface area is 503 Å². The van der Waals surface area contributed by atoms with Crippen LogP contribution < -0.4 is 15.8 Å². The topological polar surface area (TPSA) is 318 Å². The molecule has 2 aliphatic rings. The van der Waals surface area contributed by atoms with E-state index < -0.39 is 66.4 Å². The number of rotatable bonds is 45. The molecule has 3 aromatic rings. The van der Waals surface area contributed by atoms with E-state index in [1.54, 1.807) is 29.2 Å². The van der Waals surface area contributed by atoms with Crippen molar-refractivity contribution in [2.45, 2.75) is 42.4 Å². The third kappa shape index (κ3) is 24.7. The Balaban J connectivity index is 0.753. The van der Waals surface area contributed by atoms with E-state index >= 15 is 0 Å². The fourth-order valence-electron chi connectivity index (χ4n) is 8.27. The summed E-state index contributed by atoms with van der Waals surface area (Å²) in [4.78, 5) is 41.6. The van der Waals surface area contributed by atoms with Gasteiger partial charge in [-0.05, 0) is 41.8 Å². The molecule has 3 aromatic carbocycles. The number of nitrogens with zero attached hydrogens (tertiary/aromatic N) is 3. The second-order valence-corrected chi connectivity index (χ2v) is 22.5. The molecule has 2 amide bonds. The van der Waals surface area contributed by atoms with E-state index in [4.69, 9.17) is 57.7 Å². The summed E-state index contributed by atoms with van der Waals surface area (Å²) in [6.07, 6.45) is 2.22. The van der Waals surface area contributed by atoms with Crippen molar-refractivity contribution in [1.82, 2.24) is 14.5 Å². The lowest BCUT2D eigenvalue weighted by Gasteiger charge is -2.38. The van der Waals surface area contributed by atoms with Gasteiger partial charge in [0.15, 0.2) is 16.5 Å². The normalized spacial score (nSPS) is 13.8. The SMILES string of the molecule is CCCN(CCO)C(=O)C1=Cc2ccc(-c3cccc(S(=O)(=O)N4CC(CNC(=O)CCOCCOCCOCCOCCOCCOCCOCCOCCOCCOCCC(=O)Oc5c(F)c(F)c(S(=O)(=O)O)c(F)c5F)C4)c3)cc2N=C(N)C1. The number of carbonyl (C=O) groups excluding carboxylic acids is 3. The Morgan fingerprint density at radius 2 is 1.13 bits per heavy atom. The molecule has 0 atom stereocenters. The second kappa shape index (κ2) is 38.7. The Bertz CT molecular complexity index is 2920. The van der Waals surface area contributed by atoms with Gasteiger partial charge in [0.2, 0.25) is 39.2 Å². The quantitative estimate of drug-likeness (QED) is 0.0157. The Kier molecular flexibility index (Phi) is 32.1. The molecule has 31 heteroatoms. The zero-order valence-electron chi connectivity index (χ0n) is 48.4. The van der Waals surface area contributed by atoms with E-state index in [1.165, 1.54) is 4.31 Å². The molecule has 2 aliphatic heterocycles. The van der Waals surface area contributed by atoms with Crippen molar-refractivity contribution in [2.75, 3.05) is 171 Å². The highest BCUT2D eigenvalue weighted by atomic mass is 32.2. The number of nitrogens with two attached hydrogens (primary N) is 1. The summed E-state index contributed by atoms with van der Waals surface area (Å²) < 4.78 is 174. The molecular weight excluding hydrogens is 1200 g/mol. The van der Waals surface area contributed by atoms with Gasteiger partial charge in [-0.1, -0.05) is 31.2 Å². The van der Waals surface area contributed by atoms with Crippen LogP contribution in [0.5, 0.6) is 5.75 Å². The summed E-state index contributed by atoms with van der Waals surface area (Å²) >= 11 is 0. The molecule has 0 aromatic heterocycles. The zero-order chi connectivity index (χ0) is 63.0. The van der Waals surface area contributed by atoms with Crippen molar-refractivity contribution in [3.05, 3.63) is 76.9 Å². The molecule has 87 heavy (non-hydrogen) atoms. The van der Waals surface area contributed by atoms with Gasteiger partial charge in [0.1, 0.15) is 5.84 Å². The van der Waals surface area contributed by atoms with Crippen LogP contribution in [0.25, 0.3) is 17.2 Å².